The Morgan fingerprint density at radius 2 is 1.32 bits per heavy atom. The fourth-order valence-corrected chi connectivity index (χ4v) is 9.93. The van der Waals surface area contributed by atoms with E-state index in [-0.39, 0.29) is 20.1 Å². The van der Waals surface area contributed by atoms with Crippen molar-refractivity contribution in [1.29, 1.82) is 0 Å². The van der Waals surface area contributed by atoms with Gasteiger partial charge in [0.25, 0.3) is 0 Å². The molecule has 0 N–H and O–H groups in total. The van der Waals surface area contributed by atoms with Gasteiger partial charge >= 0.3 is 119 Å². The van der Waals surface area contributed by atoms with E-state index in [4.69, 9.17) is 4.42 Å². The molecule has 1 radical (unpaired) electrons. The fraction of sp³-hybridized carbons (Fsp3) is 0.0952. The number of nitrogens with zero attached hydrogens (tertiary/aromatic N) is 2. The fourth-order valence-electron chi connectivity index (χ4n) is 6.16. The molecule has 7 rings (SSSR count). The number of fused-ring (bicyclic) bond motifs is 3. The summed E-state index contributed by atoms with van der Waals surface area (Å²) in [5.74, 6) is 7.24. The predicted molar refractivity (Wildman–Crippen MR) is 195 cm³/mol. The largest absolute Gasteiger partial charge is 0 e. The molecule has 4 aromatic carbocycles. The van der Waals surface area contributed by atoms with Crippen molar-refractivity contribution in [3.63, 3.8) is 0 Å². The van der Waals surface area contributed by atoms with E-state index < -0.39 is 13.3 Å². The first-order valence-corrected chi connectivity index (χ1v) is 22.8. The molecule has 239 valence electrons. The topological polar surface area (TPSA) is 20.9 Å². The first-order chi connectivity index (χ1) is 22.0. The maximum absolute atomic E-state index is 6.35. The van der Waals surface area contributed by atoms with Crippen molar-refractivity contribution in [2.75, 3.05) is 0 Å². The number of aromatic nitrogens is 2. The SMILES string of the molecule is [CH2-]c1ccc2c(oc3cc(-c4ccccc4)ccc32)c1-c1cccc[n+]1[CH2-].[CH2-]c1ccccc1-c1cc(C)[c]([Ge]([CH3])([CH3])[CH3])c[n+]1[CH2-].[Ir]. The first kappa shape index (κ1) is 34.0. The summed E-state index contributed by atoms with van der Waals surface area (Å²) in [5.41, 5.74) is 11.7. The molecule has 0 aliphatic rings. The van der Waals surface area contributed by atoms with Gasteiger partial charge in [-0.2, -0.15) is 18.6 Å². The van der Waals surface area contributed by atoms with Gasteiger partial charge in [-0.1, -0.05) is 60.2 Å². The van der Waals surface area contributed by atoms with Crippen LogP contribution >= 0.6 is 0 Å². The van der Waals surface area contributed by atoms with Crippen LogP contribution in [-0.4, -0.2) is 13.3 Å². The molecular formula is C42H40GeIrN2O-2. The zero-order valence-electron chi connectivity index (χ0n) is 27.5. The van der Waals surface area contributed by atoms with Gasteiger partial charge in [0.2, 0.25) is 0 Å². The van der Waals surface area contributed by atoms with Gasteiger partial charge in [-0.25, -0.2) is 0 Å². The molecule has 0 fully saturated rings. The van der Waals surface area contributed by atoms with Crippen LogP contribution in [0.1, 0.15) is 16.7 Å². The normalized spacial score (nSPS) is 11.1. The van der Waals surface area contributed by atoms with Crippen LogP contribution in [0.25, 0.3) is 55.6 Å². The number of furan rings is 1. The first-order valence-electron chi connectivity index (χ1n) is 15.5. The second kappa shape index (κ2) is 13.8. The van der Waals surface area contributed by atoms with Crippen molar-refractivity contribution in [1.82, 2.24) is 0 Å². The van der Waals surface area contributed by atoms with Crippen LogP contribution < -0.4 is 13.5 Å². The molecule has 7 aromatic rings. The minimum Gasteiger partial charge on any atom is 0 e. The van der Waals surface area contributed by atoms with Crippen molar-refractivity contribution in [3.05, 3.63) is 166 Å². The van der Waals surface area contributed by atoms with Gasteiger partial charge in [-0.3, -0.25) is 0 Å². The minimum atomic E-state index is -1.83. The molecular weight excluding hydrogens is 813 g/mol. The van der Waals surface area contributed by atoms with E-state index in [1.165, 1.54) is 15.5 Å². The van der Waals surface area contributed by atoms with Crippen molar-refractivity contribution in [3.8, 4) is 33.6 Å². The van der Waals surface area contributed by atoms with Gasteiger partial charge in [-0.05, 0) is 23.3 Å². The molecule has 3 heterocycles. The van der Waals surface area contributed by atoms with Crippen molar-refractivity contribution < 1.29 is 33.7 Å². The number of benzene rings is 4. The van der Waals surface area contributed by atoms with E-state index in [2.05, 4.69) is 113 Å². The van der Waals surface area contributed by atoms with E-state index in [9.17, 15) is 0 Å². The van der Waals surface area contributed by atoms with Gasteiger partial charge in [-0.15, -0.1) is 6.07 Å². The number of aryl methyl sites for hydroxylation is 1. The summed E-state index contributed by atoms with van der Waals surface area (Å²) in [6, 6.07) is 37.4. The van der Waals surface area contributed by atoms with Gasteiger partial charge in [0.15, 0.2) is 0 Å². The Bertz CT molecular complexity index is 2200. The molecule has 0 unspecified atom stereocenters. The van der Waals surface area contributed by atoms with E-state index in [0.717, 1.165) is 61.1 Å². The molecule has 3 nitrogen and oxygen atoms in total. The summed E-state index contributed by atoms with van der Waals surface area (Å²) in [6.45, 7) is 10.5. The van der Waals surface area contributed by atoms with E-state index in [1.807, 2.05) is 69.9 Å². The third-order valence-electron chi connectivity index (χ3n) is 8.51. The summed E-state index contributed by atoms with van der Waals surface area (Å²) in [5, 5.41) is 2.20. The number of hydrogen-bond donors (Lipinski definition) is 0. The molecule has 0 atom stereocenters. The van der Waals surface area contributed by atoms with Crippen molar-refractivity contribution in [2.24, 2.45) is 0 Å². The number of rotatable bonds is 4. The average Bonchev–Trinajstić information content (AvgIpc) is 3.41. The van der Waals surface area contributed by atoms with Crippen LogP contribution in [-0.2, 0) is 20.1 Å². The molecule has 0 saturated heterocycles. The summed E-state index contributed by atoms with van der Waals surface area (Å²) >= 11 is -1.83. The Labute approximate surface area is 295 Å². The quantitative estimate of drug-likeness (QED) is 0.0984. The van der Waals surface area contributed by atoms with Crippen LogP contribution in [0.3, 0.4) is 0 Å². The Morgan fingerprint density at radius 3 is 2.02 bits per heavy atom. The molecule has 0 aliphatic heterocycles. The Kier molecular flexibility index (Phi) is 9.98. The average molecular weight is 854 g/mol. The van der Waals surface area contributed by atoms with Crippen molar-refractivity contribution >= 4 is 39.6 Å². The molecule has 0 saturated carbocycles. The van der Waals surface area contributed by atoms with Crippen molar-refractivity contribution in [2.45, 2.75) is 24.2 Å². The van der Waals surface area contributed by atoms with Gasteiger partial charge < -0.3 is 8.98 Å². The number of pyridine rings is 2. The van der Waals surface area contributed by atoms with Gasteiger partial charge in [0, 0.05) is 37.9 Å². The van der Waals surface area contributed by atoms with Crippen LogP contribution in [0.2, 0.25) is 17.3 Å². The zero-order chi connectivity index (χ0) is 32.6. The molecule has 3 aromatic heterocycles. The molecule has 5 heteroatoms. The van der Waals surface area contributed by atoms with E-state index in [1.54, 1.807) is 0 Å². The van der Waals surface area contributed by atoms with Crippen LogP contribution in [0, 0.1) is 34.9 Å². The van der Waals surface area contributed by atoms with Gasteiger partial charge in [0.05, 0.1) is 17.5 Å². The predicted octanol–water partition coefficient (Wildman–Crippen LogP) is 9.34. The maximum atomic E-state index is 6.35. The Hall–Kier alpha value is -4.35. The summed E-state index contributed by atoms with van der Waals surface area (Å²) in [4.78, 5) is 0. The summed E-state index contributed by atoms with van der Waals surface area (Å²) in [7, 11) is 8.27. The monoisotopic (exact) mass is 855 g/mol. The molecule has 0 amide bonds. The minimum absolute atomic E-state index is 0. The second-order valence-corrected chi connectivity index (χ2v) is 23.4. The molecule has 0 bridgehead atoms. The second-order valence-electron chi connectivity index (χ2n) is 12.8. The van der Waals surface area contributed by atoms with E-state index >= 15 is 0 Å². The third-order valence-corrected chi connectivity index (χ3v) is 13.0. The molecule has 0 aliphatic carbocycles. The Balaban J connectivity index is 0.000000192. The van der Waals surface area contributed by atoms with Crippen LogP contribution in [0.5, 0.6) is 0 Å². The maximum Gasteiger partial charge on any atom is 0 e. The summed E-state index contributed by atoms with van der Waals surface area (Å²) in [6.07, 6.45) is 4.15. The Morgan fingerprint density at radius 1 is 0.638 bits per heavy atom. The van der Waals surface area contributed by atoms with Crippen LogP contribution in [0.15, 0.2) is 126 Å². The summed E-state index contributed by atoms with van der Waals surface area (Å²) < 4.78 is 11.7. The van der Waals surface area contributed by atoms with E-state index in [0.29, 0.717) is 0 Å². The number of hydrogen-bond acceptors (Lipinski definition) is 1. The van der Waals surface area contributed by atoms with Crippen LogP contribution in [0.4, 0.5) is 0 Å². The third kappa shape index (κ3) is 6.87. The smallest absolute Gasteiger partial charge is 0 e. The standard InChI is InChI=1S/C25H18NO.C17H22GeN.Ir/c1-17-11-13-21-20-14-12-19(18-8-4-3-5-9-18)16-23(20)27-25(21)24(17)22-10-6-7-15-26(22)2;1-13-9-7-8-10-15(13)17-11-14(2)16(12-19(17)6)18(3,4)5;/h3-16H,1-2H2;7-12H,1,6H2,2-5H3;/q2*-1;. The molecule has 47 heavy (non-hydrogen) atoms. The molecule has 0 spiro atoms. The zero-order valence-corrected chi connectivity index (χ0v) is 32.0. The van der Waals surface area contributed by atoms with Gasteiger partial charge in [0.1, 0.15) is 5.58 Å².